The molecular weight excluding hydrogens is 442 g/mol. The number of hydrogen-bond donors (Lipinski definition) is 2. The zero-order valence-corrected chi connectivity index (χ0v) is 18.8. The highest BCUT2D eigenvalue weighted by Crippen LogP contribution is 2.33. The minimum atomic E-state index is -0.802. The SMILES string of the molecule is COc1ncc(NC(=O)C(=O)N2CCCC[C@H]2c2ccc(-c3nccs3)cc2)cc1C(N)=O. The number of rotatable bonds is 5. The van der Waals surface area contributed by atoms with Crippen molar-refractivity contribution < 1.29 is 19.1 Å². The number of nitrogens with two attached hydrogens (primary N) is 1. The third-order valence-corrected chi connectivity index (χ3v) is 6.32. The summed E-state index contributed by atoms with van der Waals surface area (Å²) in [5.41, 5.74) is 7.52. The summed E-state index contributed by atoms with van der Waals surface area (Å²) >= 11 is 1.56. The fourth-order valence-corrected chi connectivity index (χ4v) is 4.55. The number of piperidine rings is 1. The van der Waals surface area contributed by atoms with Gasteiger partial charge in [-0.15, -0.1) is 11.3 Å². The van der Waals surface area contributed by atoms with Crippen LogP contribution in [0.4, 0.5) is 5.69 Å². The number of hydrogen-bond acceptors (Lipinski definition) is 7. The number of aromatic nitrogens is 2. The maximum absolute atomic E-state index is 13.1. The van der Waals surface area contributed by atoms with Gasteiger partial charge >= 0.3 is 11.8 Å². The summed E-state index contributed by atoms with van der Waals surface area (Å²) in [6, 6.07) is 9.08. The lowest BCUT2D eigenvalue weighted by atomic mass is 9.94. The van der Waals surface area contributed by atoms with E-state index in [0.717, 1.165) is 35.4 Å². The molecule has 0 bridgehead atoms. The molecule has 0 spiro atoms. The van der Waals surface area contributed by atoms with Crippen molar-refractivity contribution in [2.24, 2.45) is 5.73 Å². The molecule has 4 rings (SSSR count). The number of pyridine rings is 1. The number of amides is 3. The molecule has 3 aromatic rings. The first kappa shape index (κ1) is 22.4. The lowest BCUT2D eigenvalue weighted by Gasteiger charge is -2.35. The van der Waals surface area contributed by atoms with Gasteiger partial charge in [-0.25, -0.2) is 9.97 Å². The van der Waals surface area contributed by atoms with Crippen LogP contribution in [-0.4, -0.2) is 46.2 Å². The lowest BCUT2D eigenvalue weighted by Crippen LogP contribution is -2.44. The second-order valence-corrected chi connectivity index (χ2v) is 8.46. The number of carbonyl (C=O) groups excluding carboxylic acids is 3. The first-order valence-electron chi connectivity index (χ1n) is 10.4. The number of nitrogens with one attached hydrogen (secondary N) is 1. The van der Waals surface area contributed by atoms with Crippen LogP contribution in [-0.2, 0) is 9.59 Å². The van der Waals surface area contributed by atoms with Gasteiger partial charge in [0.05, 0.1) is 25.0 Å². The summed E-state index contributed by atoms with van der Waals surface area (Å²) in [7, 11) is 1.36. The van der Waals surface area contributed by atoms with Crippen molar-refractivity contribution >= 4 is 34.7 Å². The van der Waals surface area contributed by atoms with E-state index in [-0.39, 0.29) is 23.2 Å². The Bertz CT molecular complexity index is 1160. The highest BCUT2D eigenvalue weighted by molar-refractivity contribution is 7.13. The van der Waals surface area contributed by atoms with Crippen molar-refractivity contribution in [1.82, 2.24) is 14.9 Å². The molecule has 3 N–H and O–H groups in total. The second kappa shape index (κ2) is 9.78. The number of methoxy groups -OCH3 is 1. The lowest BCUT2D eigenvalue weighted by molar-refractivity contribution is -0.145. The molecular formula is C23H23N5O4S. The van der Waals surface area contributed by atoms with E-state index < -0.39 is 17.7 Å². The van der Waals surface area contributed by atoms with Crippen molar-refractivity contribution in [2.45, 2.75) is 25.3 Å². The fourth-order valence-electron chi connectivity index (χ4n) is 3.91. The number of carbonyl (C=O) groups is 3. The molecule has 1 atom stereocenters. The molecule has 2 aromatic heterocycles. The van der Waals surface area contributed by atoms with E-state index in [0.29, 0.717) is 6.54 Å². The highest BCUT2D eigenvalue weighted by Gasteiger charge is 2.32. The van der Waals surface area contributed by atoms with Crippen molar-refractivity contribution in [3.05, 3.63) is 59.2 Å². The number of primary amides is 1. The topological polar surface area (TPSA) is 128 Å². The first-order chi connectivity index (χ1) is 16.0. The Morgan fingerprint density at radius 2 is 1.97 bits per heavy atom. The molecule has 9 nitrogen and oxygen atoms in total. The van der Waals surface area contributed by atoms with Gasteiger partial charge in [0, 0.05) is 23.7 Å². The standard InChI is InChI=1S/C23H23N5O4S/c1-32-21-17(19(24)29)12-16(13-26-21)27-20(30)23(31)28-10-3-2-4-18(28)14-5-7-15(8-6-14)22-25-9-11-33-22/h5-9,11-13,18H,2-4,10H2,1H3,(H2,24,29)(H,27,30)/t18-/m0/s1. The van der Waals surface area contributed by atoms with Crippen LogP contribution in [0.3, 0.4) is 0 Å². The molecule has 0 saturated carbocycles. The van der Waals surface area contributed by atoms with Crippen LogP contribution in [0.15, 0.2) is 48.1 Å². The Labute approximate surface area is 194 Å². The Hall–Kier alpha value is -3.79. The van der Waals surface area contributed by atoms with Crippen molar-refractivity contribution in [1.29, 1.82) is 0 Å². The van der Waals surface area contributed by atoms with E-state index in [1.807, 2.05) is 29.6 Å². The minimum Gasteiger partial charge on any atom is -0.480 e. The molecule has 0 radical (unpaired) electrons. The van der Waals surface area contributed by atoms with E-state index in [1.54, 1.807) is 22.4 Å². The number of likely N-dealkylation sites (tertiary alicyclic amines) is 1. The van der Waals surface area contributed by atoms with E-state index in [2.05, 4.69) is 15.3 Å². The molecule has 3 amide bonds. The van der Waals surface area contributed by atoms with E-state index in [1.165, 1.54) is 19.4 Å². The minimum absolute atomic E-state index is 0.0129. The molecule has 0 unspecified atom stereocenters. The highest BCUT2D eigenvalue weighted by atomic mass is 32.1. The third kappa shape index (κ3) is 4.85. The summed E-state index contributed by atoms with van der Waals surface area (Å²) < 4.78 is 5.00. The quantitative estimate of drug-likeness (QED) is 0.558. The Morgan fingerprint density at radius 3 is 2.64 bits per heavy atom. The summed E-state index contributed by atoms with van der Waals surface area (Å²) in [6.07, 6.45) is 5.63. The van der Waals surface area contributed by atoms with Gasteiger partial charge in [-0.1, -0.05) is 24.3 Å². The van der Waals surface area contributed by atoms with Crippen LogP contribution >= 0.6 is 11.3 Å². The van der Waals surface area contributed by atoms with Crippen molar-refractivity contribution in [3.63, 3.8) is 0 Å². The van der Waals surface area contributed by atoms with Crippen molar-refractivity contribution in [2.75, 3.05) is 19.0 Å². The average molecular weight is 466 g/mol. The van der Waals surface area contributed by atoms with E-state index >= 15 is 0 Å². The van der Waals surface area contributed by atoms with Crippen LogP contribution in [0.5, 0.6) is 5.88 Å². The van der Waals surface area contributed by atoms with Crippen molar-refractivity contribution in [3.8, 4) is 16.5 Å². The molecule has 1 aliphatic heterocycles. The van der Waals surface area contributed by atoms with Gasteiger partial charge in [-0.2, -0.15) is 0 Å². The summed E-state index contributed by atoms with van der Waals surface area (Å²) in [6.45, 7) is 0.485. The number of nitrogens with zero attached hydrogens (tertiary/aromatic N) is 3. The monoisotopic (exact) mass is 465 g/mol. The average Bonchev–Trinajstić information content (AvgIpc) is 3.38. The number of benzene rings is 1. The van der Waals surface area contributed by atoms with Gasteiger partial charge in [0.1, 0.15) is 10.6 Å². The Morgan fingerprint density at radius 1 is 1.18 bits per heavy atom. The van der Waals surface area contributed by atoms with Gasteiger partial charge in [0.15, 0.2) is 0 Å². The molecule has 170 valence electrons. The number of thiazole rings is 1. The van der Waals surface area contributed by atoms with Crippen LogP contribution in [0, 0.1) is 0 Å². The normalized spacial score (nSPS) is 15.7. The van der Waals surface area contributed by atoms with Gasteiger partial charge in [-0.3, -0.25) is 14.4 Å². The van der Waals surface area contributed by atoms with E-state index in [4.69, 9.17) is 10.5 Å². The largest absolute Gasteiger partial charge is 0.480 e. The molecule has 1 fully saturated rings. The predicted octanol–water partition coefficient (Wildman–Crippen LogP) is 3.00. The van der Waals surface area contributed by atoms with Crippen LogP contribution in [0.25, 0.3) is 10.6 Å². The summed E-state index contributed by atoms with van der Waals surface area (Å²) in [5, 5.41) is 5.38. The summed E-state index contributed by atoms with van der Waals surface area (Å²) in [5.74, 6) is -2.15. The predicted molar refractivity (Wildman–Crippen MR) is 124 cm³/mol. The molecule has 1 aliphatic rings. The maximum atomic E-state index is 13.1. The van der Waals surface area contributed by atoms with Gasteiger partial charge in [-0.05, 0) is 30.9 Å². The molecule has 3 heterocycles. The molecule has 10 heteroatoms. The number of anilines is 1. The van der Waals surface area contributed by atoms with Gasteiger partial charge in [0.25, 0.3) is 5.91 Å². The smallest absolute Gasteiger partial charge is 0.313 e. The molecule has 33 heavy (non-hydrogen) atoms. The Kier molecular flexibility index (Phi) is 6.64. The summed E-state index contributed by atoms with van der Waals surface area (Å²) in [4.78, 5) is 47.3. The second-order valence-electron chi connectivity index (χ2n) is 7.57. The third-order valence-electron chi connectivity index (χ3n) is 5.50. The molecule has 1 aromatic carbocycles. The first-order valence-corrected chi connectivity index (χ1v) is 11.3. The van der Waals surface area contributed by atoms with Gasteiger partial charge < -0.3 is 20.7 Å². The van der Waals surface area contributed by atoms with Crippen LogP contribution in [0.2, 0.25) is 0 Å². The van der Waals surface area contributed by atoms with Crippen LogP contribution < -0.4 is 15.8 Å². The maximum Gasteiger partial charge on any atom is 0.313 e. The fraction of sp³-hybridized carbons (Fsp3) is 0.261. The Balaban J connectivity index is 1.50. The molecule has 1 saturated heterocycles. The number of ether oxygens (including phenoxy) is 1. The van der Waals surface area contributed by atoms with E-state index in [9.17, 15) is 14.4 Å². The zero-order chi connectivity index (χ0) is 23.4. The molecule has 0 aliphatic carbocycles. The van der Waals surface area contributed by atoms with Crippen LogP contribution in [0.1, 0.15) is 41.2 Å². The van der Waals surface area contributed by atoms with Gasteiger partial charge in [0.2, 0.25) is 5.88 Å². The zero-order valence-electron chi connectivity index (χ0n) is 18.0.